The Labute approximate surface area is 156 Å². The van der Waals surface area contributed by atoms with Crippen molar-refractivity contribution >= 4 is 22.9 Å². The molecule has 0 N–H and O–H groups in total. The van der Waals surface area contributed by atoms with E-state index in [2.05, 4.69) is 26.0 Å². The summed E-state index contributed by atoms with van der Waals surface area (Å²) in [5, 5.41) is 4.89. The number of aryl methyl sites for hydroxylation is 2. The van der Waals surface area contributed by atoms with E-state index in [0.29, 0.717) is 12.0 Å². The number of aromatic nitrogens is 2. The van der Waals surface area contributed by atoms with Gasteiger partial charge in [0.2, 0.25) is 0 Å². The molecule has 3 nitrogen and oxygen atoms in total. The van der Waals surface area contributed by atoms with E-state index in [4.69, 9.17) is 16.7 Å². The molecule has 0 spiro atoms. The third-order valence-corrected chi connectivity index (χ3v) is 5.66. The summed E-state index contributed by atoms with van der Waals surface area (Å²) in [6.07, 6.45) is 4.99. The number of benzene rings is 1. The van der Waals surface area contributed by atoms with Crippen molar-refractivity contribution in [1.29, 1.82) is 0 Å². The molecule has 5 heteroatoms. The number of hydrogen-bond acceptors (Lipinski definition) is 2. The highest BCUT2D eigenvalue weighted by Gasteiger charge is 2.35. The number of rotatable bonds is 3. The van der Waals surface area contributed by atoms with Crippen LogP contribution in [0.2, 0.25) is 5.02 Å². The molecule has 1 atom stereocenters. The molecule has 1 aliphatic rings. The Morgan fingerprint density at radius 3 is 2.92 bits per heavy atom. The molecule has 26 heavy (non-hydrogen) atoms. The Kier molecular flexibility index (Phi) is 4.11. The maximum atomic E-state index is 13.2. The highest BCUT2D eigenvalue weighted by molar-refractivity contribution is 6.34. The number of Topliss-reactive ketones (excluding diaryl/α,β-unsaturated/α-hetero) is 1. The summed E-state index contributed by atoms with van der Waals surface area (Å²) in [6, 6.07) is 8.16. The van der Waals surface area contributed by atoms with Crippen molar-refractivity contribution in [3.8, 4) is 0 Å². The summed E-state index contributed by atoms with van der Waals surface area (Å²) in [5.41, 5.74) is 4.88. The van der Waals surface area contributed by atoms with Gasteiger partial charge in [-0.25, -0.2) is 8.91 Å². The van der Waals surface area contributed by atoms with Gasteiger partial charge in [0.15, 0.2) is 5.78 Å². The predicted molar refractivity (Wildman–Crippen MR) is 100 cm³/mol. The minimum Gasteiger partial charge on any atom is -0.294 e. The lowest BCUT2D eigenvalue weighted by atomic mass is 9.71. The molecule has 0 saturated heterocycles. The van der Waals surface area contributed by atoms with Crippen LogP contribution in [0.1, 0.15) is 46.9 Å². The van der Waals surface area contributed by atoms with Gasteiger partial charge in [-0.1, -0.05) is 24.6 Å². The van der Waals surface area contributed by atoms with Crippen molar-refractivity contribution < 1.29 is 9.18 Å². The predicted octanol–water partition coefficient (Wildman–Crippen LogP) is 5.20. The second kappa shape index (κ2) is 6.20. The Balaban J connectivity index is 1.62. The SMILES string of the molecule is Cc1ccc2c3c(nn2c1)CCC(C)(CC(=O)c1ccc(F)cc1Cl)C3. The number of carbonyl (C=O) groups excluding carboxylic acids is 1. The van der Waals surface area contributed by atoms with Gasteiger partial charge in [0, 0.05) is 23.7 Å². The van der Waals surface area contributed by atoms with E-state index < -0.39 is 5.82 Å². The Morgan fingerprint density at radius 2 is 2.15 bits per heavy atom. The van der Waals surface area contributed by atoms with E-state index in [9.17, 15) is 9.18 Å². The van der Waals surface area contributed by atoms with Crippen molar-refractivity contribution in [2.75, 3.05) is 0 Å². The topological polar surface area (TPSA) is 34.4 Å². The minimum atomic E-state index is -0.429. The van der Waals surface area contributed by atoms with Crippen molar-refractivity contribution in [3.63, 3.8) is 0 Å². The van der Waals surface area contributed by atoms with Gasteiger partial charge in [0.1, 0.15) is 5.82 Å². The van der Waals surface area contributed by atoms with Crippen LogP contribution in [0.4, 0.5) is 4.39 Å². The number of fused-ring (bicyclic) bond motifs is 3. The monoisotopic (exact) mass is 370 g/mol. The average molecular weight is 371 g/mol. The first-order chi connectivity index (χ1) is 12.3. The fourth-order valence-electron chi connectivity index (χ4n) is 3.93. The fraction of sp³-hybridized carbons (Fsp3) is 0.333. The molecule has 2 heterocycles. The number of hydrogen-bond donors (Lipinski definition) is 0. The van der Waals surface area contributed by atoms with Gasteiger partial charge >= 0.3 is 0 Å². The van der Waals surface area contributed by atoms with Gasteiger partial charge in [-0.15, -0.1) is 0 Å². The van der Waals surface area contributed by atoms with Crippen LogP contribution in [0.3, 0.4) is 0 Å². The van der Waals surface area contributed by atoms with Crippen LogP contribution in [0.5, 0.6) is 0 Å². The van der Waals surface area contributed by atoms with Crippen LogP contribution in [-0.4, -0.2) is 15.4 Å². The summed E-state index contributed by atoms with van der Waals surface area (Å²) in [5.74, 6) is -0.463. The summed E-state index contributed by atoms with van der Waals surface area (Å²) in [6.45, 7) is 4.19. The van der Waals surface area contributed by atoms with Gasteiger partial charge in [-0.3, -0.25) is 4.79 Å². The van der Waals surface area contributed by atoms with Crippen LogP contribution in [0.25, 0.3) is 5.52 Å². The Bertz CT molecular complexity index is 1030. The maximum absolute atomic E-state index is 13.2. The summed E-state index contributed by atoms with van der Waals surface area (Å²) < 4.78 is 15.2. The van der Waals surface area contributed by atoms with Gasteiger partial charge in [-0.05, 0) is 61.4 Å². The number of pyridine rings is 1. The molecule has 134 valence electrons. The lowest BCUT2D eigenvalue weighted by Crippen LogP contribution is -2.28. The Hall–Kier alpha value is -2.20. The zero-order valence-corrected chi connectivity index (χ0v) is 15.6. The van der Waals surface area contributed by atoms with Crippen molar-refractivity contribution in [2.24, 2.45) is 5.41 Å². The first-order valence-electron chi connectivity index (χ1n) is 8.80. The number of carbonyl (C=O) groups is 1. The second-order valence-corrected chi connectivity index (χ2v) is 8.08. The van der Waals surface area contributed by atoms with Crippen LogP contribution in [-0.2, 0) is 12.8 Å². The Morgan fingerprint density at radius 1 is 1.35 bits per heavy atom. The molecule has 2 aromatic heterocycles. The van der Waals surface area contributed by atoms with Gasteiger partial charge in [0.05, 0.1) is 16.2 Å². The highest BCUT2D eigenvalue weighted by atomic mass is 35.5. The van der Waals surface area contributed by atoms with Gasteiger partial charge < -0.3 is 0 Å². The maximum Gasteiger partial charge on any atom is 0.164 e. The highest BCUT2D eigenvalue weighted by Crippen LogP contribution is 2.40. The van der Waals surface area contributed by atoms with Crippen LogP contribution >= 0.6 is 11.6 Å². The summed E-state index contributed by atoms with van der Waals surface area (Å²) >= 11 is 6.07. The number of halogens is 2. The second-order valence-electron chi connectivity index (χ2n) is 7.67. The van der Waals surface area contributed by atoms with Gasteiger partial charge in [0.25, 0.3) is 0 Å². The quantitative estimate of drug-likeness (QED) is 0.593. The molecular weight excluding hydrogens is 351 g/mol. The number of ketones is 1. The molecule has 4 rings (SSSR count). The molecule has 0 aliphatic heterocycles. The average Bonchev–Trinajstić information content (AvgIpc) is 2.90. The molecule has 1 aliphatic carbocycles. The third kappa shape index (κ3) is 3.03. The molecular formula is C21H20ClFN2O. The van der Waals surface area contributed by atoms with E-state index >= 15 is 0 Å². The molecule has 0 bridgehead atoms. The van der Waals surface area contributed by atoms with Crippen LogP contribution in [0.15, 0.2) is 36.5 Å². The smallest absolute Gasteiger partial charge is 0.164 e. The van der Waals surface area contributed by atoms with Crippen LogP contribution < -0.4 is 0 Å². The zero-order chi connectivity index (χ0) is 18.5. The van der Waals surface area contributed by atoms with Gasteiger partial charge in [-0.2, -0.15) is 5.10 Å². The minimum absolute atomic E-state index is 0.0340. The molecule has 3 aromatic rings. The third-order valence-electron chi connectivity index (χ3n) is 5.35. The molecule has 1 unspecified atom stereocenters. The molecule has 0 radical (unpaired) electrons. The first-order valence-corrected chi connectivity index (χ1v) is 9.17. The lowest BCUT2D eigenvalue weighted by molar-refractivity contribution is 0.0909. The molecule has 1 aromatic carbocycles. The van der Waals surface area contributed by atoms with E-state index in [-0.39, 0.29) is 16.2 Å². The van der Waals surface area contributed by atoms with E-state index in [0.717, 1.165) is 30.5 Å². The van der Waals surface area contributed by atoms with E-state index in [1.807, 2.05) is 10.7 Å². The lowest BCUT2D eigenvalue weighted by Gasteiger charge is -2.32. The zero-order valence-electron chi connectivity index (χ0n) is 14.9. The summed E-state index contributed by atoms with van der Waals surface area (Å²) in [7, 11) is 0. The molecule has 0 fully saturated rings. The molecule has 0 saturated carbocycles. The van der Waals surface area contributed by atoms with Crippen molar-refractivity contribution in [2.45, 2.75) is 39.5 Å². The van der Waals surface area contributed by atoms with Crippen LogP contribution in [0, 0.1) is 18.2 Å². The number of nitrogens with zero attached hydrogens (tertiary/aromatic N) is 2. The molecule has 0 amide bonds. The van der Waals surface area contributed by atoms with E-state index in [1.165, 1.54) is 29.3 Å². The summed E-state index contributed by atoms with van der Waals surface area (Å²) in [4.78, 5) is 12.8. The largest absolute Gasteiger partial charge is 0.294 e. The fourth-order valence-corrected chi connectivity index (χ4v) is 4.20. The van der Waals surface area contributed by atoms with E-state index in [1.54, 1.807) is 0 Å². The van der Waals surface area contributed by atoms with Crippen molar-refractivity contribution in [1.82, 2.24) is 9.61 Å². The standard InChI is InChI=1S/C21H20ClFN2O/c1-13-3-6-19-16-10-21(2,8-7-18(16)24-25(19)12-13)11-20(26)15-5-4-14(23)9-17(15)22/h3-6,9,12H,7-8,10-11H2,1-2H3. The van der Waals surface area contributed by atoms with Crippen molar-refractivity contribution in [3.05, 3.63) is 69.8 Å². The normalized spacial score (nSPS) is 19.5. The first kappa shape index (κ1) is 17.2.